The standard InChI is InChI=1S/C48H43N7O2/c1-5-39-32-43(44-42(50-39)26-17-31-49-44)54(46(56)57-47(2,3)4)33-34-27-29-35(30-28-34)40-24-15-16-25-41(40)45-51-52-53-55(45)48(36-18-9-6-10-19-36,37-20-11-7-12-21-37)38-22-13-8-14-23-38/h6-32H,5,33H2,1-4H3. The van der Waals surface area contributed by atoms with Gasteiger partial charge in [0.1, 0.15) is 16.7 Å². The Hall–Kier alpha value is -7.00. The summed E-state index contributed by atoms with van der Waals surface area (Å²) in [5.74, 6) is 0.617. The Balaban J connectivity index is 1.22. The maximum absolute atomic E-state index is 13.9. The minimum atomic E-state index is -0.895. The van der Waals surface area contributed by atoms with Crippen molar-refractivity contribution < 1.29 is 9.53 Å². The third-order valence-corrected chi connectivity index (χ3v) is 10.00. The van der Waals surface area contributed by atoms with Crippen LogP contribution in [0.4, 0.5) is 10.5 Å². The summed E-state index contributed by atoms with van der Waals surface area (Å²) >= 11 is 0. The molecule has 9 nitrogen and oxygen atoms in total. The van der Waals surface area contributed by atoms with Crippen molar-refractivity contribution in [3.8, 4) is 22.5 Å². The van der Waals surface area contributed by atoms with Crippen LogP contribution in [0.2, 0.25) is 0 Å². The first-order chi connectivity index (χ1) is 27.8. The van der Waals surface area contributed by atoms with Gasteiger partial charge in [-0.2, -0.15) is 0 Å². The van der Waals surface area contributed by atoms with Gasteiger partial charge in [-0.3, -0.25) is 14.9 Å². The van der Waals surface area contributed by atoms with Crippen LogP contribution in [0.1, 0.15) is 55.6 Å². The average Bonchev–Trinajstić information content (AvgIpc) is 3.73. The molecular formula is C48H43N7O2. The van der Waals surface area contributed by atoms with E-state index in [1.54, 1.807) is 11.1 Å². The number of tetrazole rings is 1. The predicted octanol–water partition coefficient (Wildman–Crippen LogP) is 10.3. The quantitative estimate of drug-likeness (QED) is 0.128. The highest BCUT2D eigenvalue weighted by Gasteiger charge is 2.42. The fourth-order valence-corrected chi connectivity index (χ4v) is 7.44. The highest BCUT2D eigenvalue weighted by atomic mass is 16.6. The molecule has 282 valence electrons. The number of nitrogens with zero attached hydrogens (tertiary/aromatic N) is 7. The van der Waals surface area contributed by atoms with E-state index in [9.17, 15) is 4.79 Å². The van der Waals surface area contributed by atoms with Crippen molar-refractivity contribution in [1.82, 2.24) is 30.2 Å². The van der Waals surface area contributed by atoms with Gasteiger partial charge in [0.15, 0.2) is 5.82 Å². The normalized spacial score (nSPS) is 11.7. The van der Waals surface area contributed by atoms with Crippen LogP contribution in [0.5, 0.6) is 0 Å². The molecule has 0 aliphatic carbocycles. The van der Waals surface area contributed by atoms with Gasteiger partial charge in [-0.05, 0) is 89.2 Å². The first-order valence-electron chi connectivity index (χ1n) is 19.2. The van der Waals surface area contributed by atoms with E-state index in [1.807, 2.05) is 93.0 Å². The molecule has 0 aliphatic heterocycles. The molecule has 0 saturated heterocycles. The summed E-state index contributed by atoms with van der Waals surface area (Å²) in [7, 11) is 0. The summed E-state index contributed by atoms with van der Waals surface area (Å²) in [4.78, 5) is 25.0. The summed E-state index contributed by atoms with van der Waals surface area (Å²) < 4.78 is 7.91. The van der Waals surface area contributed by atoms with Crippen LogP contribution < -0.4 is 4.90 Å². The van der Waals surface area contributed by atoms with Crippen molar-refractivity contribution in [2.24, 2.45) is 0 Å². The molecule has 57 heavy (non-hydrogen) atoms. The van der Waals surface area contributed by atoms with Gasteiger partial charge in [-0.25, -0.2) is 9.48 Å². The number of hydrogen-bond acceptors (Lipinski definition) is 7. The number of aryl methyl sites for hydroxylation is 1. The molecule has 0 N–H and O–H groups in total. The Bertz CT molecular complexity index is 2520. The zero-order valence-corrected chi connectivity index (χ0v) is 32.4. The highest BCUT2D eigenvalue weighted by molar-refractivity contribution is 5.98. The van der Waals surface area contributed by atoms with E-state index < -0.39 is 17.2 Å². The lowest BCUT2D eigenvalue weighted by molar-refractivity contribution is 0.0578. The Kier molecular flexibility index (Phi) is 10.1. The van der Waals surface area contributed by atoms with Crippen LogP contribution in [0.3, 0.4) is 0 Å². The zero-order chi connectivity index (χ0) is 39.4. The molecule has 0 bridgehead atoms. The molecule has 0 aliphatic rings. The molecule has 8 rings (SSSR count). The van der Waals surface area contributed by atoms with Gasteiger partial charge in [0.2, 0.25) is 0 Å². The molecule has 0 atom stereocenters. The lowest BCUT2D eigenvalue weighted by Crippen LogP contribution is -2.39. The number of benzene rings is 5. The summed E-state index contributed by atoms with van der Waals surface area (Å²) in [5.41, 5.74) is 8.10. The van der Waals surface area contributed by atoms with Gasteiger partial charge in [0, 0.05) is 17.5 Å². The van der Waals surface area contributed by atoms with Gasteiger partial charge in [-0.15, -0.1) is 5.10 Å². The molecule has 9 heteroatoms. The number of fused-ring (bicyclic) bond motifs is 1. The fraction of sp³-hybridized carbons (Fsp3) is 0.167. The monoisotopic (exact) mass is 749 g/mol. The van der Waals surface area contributed by atoms with Gasteiger partial charge in [0.05, 0.1) is 17.7 Å². The van der Waals surface area contributed by atoms with Gasteiger partial charge >= 0.3 is 6.09 Å². The molecule has 0 unspecified atom stereocenters. The van der Waals surface area contributed by atoms with Crippen molar-refractivity contribution in [2.75, 3.05) is 4.90 Å². The molecule has 0 radical (unpaired) electrons. The maximum atomic E-state index is 13.9. The van der Waals surface area contributed by atoms with Crippen LogP contribution >= 0.6 is 0 Å². The van der Waals surface area contributed by atoms with Crippen LogP contribution in [-0.2, 0) is 23.2 Å². The second kappa shape index (κ2) is 15.6. The number of anilines is 1. The van der Waals surface area contributed by atoms with Crippen LogP contribution in [0, 0.1) is 0 Å². The van der Waals surface area contributed by atoms with Crippen molar-refractivity contribution in [1.29, 1.82) is 0 Å². The second-order valence-corrected chi connectivity index (χ2v) is 14.9. The molecule has 1 amide bonds. The number of pyridine rings is 2. The smallest absolute Gasteiger partial charge is 0.415 e. The number of aromatic nitrogens is 6. The number of rotatable bonds is 10. The molecule has 0 saturated carbocycles. The molecule has 8 aromatic rings. The summed E-state index contributed by atoms with van der Waals surface area (Å²) in [5, 5.41) is 13.8. The SMILES string of the molecule is CCc1cc(N(Cc2ccc(-c3ccccc3-c3nnnn3C(c3ccccc3)(c3ccccc3)c3ccccc3)cc2)C(=O)OC(C)(C)C)c2ncccc2n1. The topological polar surface area (TPSA) is 98.9 Å². The fourth-order valence-electron chi connectivity index (χ4n) is 7.44. The number of ether oxygens (including phenoxy) is 1. The van der Waals surface area contributed by atoms with E-state index in [0.717, 1.165) is 50.2 Å². The van der Waals surface area contributed by atoms with Crippen molar-refractivity contribution in [2.45, 2.75) is 51.8 Å². The average molecular weight is 750 g/mol. The number of hydrogen-bond donors (Lipinski definition) is 0. The van der Waals surface area contributed by atoms with E-state index in [4.69, 9.17) is 20.0 Å². The number of carbonyl (C=O) groups excluding carboxylic acids is 1. The summed E-state index contributed by atoms with van der Waals surface area (Å²) in [6.45, 7) is 7.93. The first kappa shape index (κ1) is 36.9. The van der Waals surface area contributed by atoms with Crippen LogP contribution in [0.15, 0.2) is 164 Å². The van der Waals surface area contributed by atoms with Crippen molar-refractivity contribution in [3.63, 3.8) is 0 Å². The van der Waals surface area contributed by atoms with Gasteiger partial charge < -0.3 is 4.74 Å². The van der Waals surface area contributed by atoms with E-state index in [2.05, 4.69) is 107 Å². The van der Waals surface area contributed by atoms with Gasteiger partial charge in [0.25, 0.3) is 0 Å². The third-order valence-electron chi connectivity index (χ3n) is 10.00. The molecule has 0 spiro atoms. The summed E-state index contributed by atoms with van der Waals surface area (Å²) in [6.07, 6.45) is 1.97. The molecule has 3 heterocycles. The lowest BCUT2D eigenvalue weighted by Gasteiger charge is -2.36. The number of amides is 1. The van der Waals surface area contributed by atoms with Crippen molar-refractivity contribution in [3.05, 3.63) is 192 Å². The molecule has 0 fully saturated rings. The highest BCUT2D eigenvalue weighted by Crippen LogP contribution is 2.43. The minimum absolute atomic E-state index is 0.266. The van der Waals surface area contributed by atoms with E-state index >= 15 is 0 Å². The van der Waals surface area contributed by atoms with E-state index in [-0.39, 0.29) is 6.54 Å². The van der Waals surface area contributed by atoms with E-state index in [1.165, 1.54) is 0 Å². The van der Waals surface area contributed by atoms with E-state index in [0.29, 0.717) is 23.4 Å². The Morgan fingerprint density at radius 3 is 1.86 bits per heavy atom. The molecular weight excluding hydrogens is 707 g/mol. The largest absolute Gasteiger partial charge is 0.443 e. The zero-order valence-electron chi connectivity index (χ0n) is 32.4. The van der Waals surface area contributed by atoms with Gasteiger partial charge in [-0.1, -0.05) is 146 Å². The predicted molar refractivity (Wildman–Crippen MR) is 225 cm³/mol. The first-order valence-corrected chi connectivity index (χ1v) is 19.2. The Labute approximate surface area is 332 Å². The van der Waals surface area contributed by atoms with Crippen molar-refractivity contribution >= 4 is 22.8 Å². The summed E-state index contributed by atoms with van der Waals surface area (Å²) in [6, 6.07) is 53.3. The third kappa shape index (κ3) is 7.27. The second-order valence-electron chi connectivity index (χ2n) is 14.9. The Morgan fingerprint density at radius 2 is 1.28 bits per heavy atom. The molecule has 5 aromatic carbocycles. The minimum Gasteiger partial charge on any atom is -0.443 e. The van der Waals surface area contributed by atoms with Crippen LogP contribution in [-0.4, -0.2) is 41.9 Å². The Morgan fingerprint density at radius 1 is 0.702 bits per heavy atom. The maximum Gasteiger partial charge on any atom is 0.415 e. The molecule has 3 aromatic heterocycles. The number of carbonyl (C=O) groups is 1. The van der Waals surface area contributed by atoms with Crippen LogP contribution in [0.25, 0.3) is 33.5 Å². The lowest BCUT2D eigenvalue weighted by atomic mass is 9.77.